The molecule has 2 rings (SSSR count). The second kappa shape index (κ2) is 5.63. The van der Waals surface area contributed by atoms with Crippen molar-refractivity contribution in [2.75, 3.05) is 0 Å². The zero-order valence-corrected chi connectivity index (χ0v) is 12.1. The third kappa shape index (κ3) is 2.99. The number of hydrogen-bond donors (Lipinski definition) is 1. The summed E-state index contributed by atoms with van der Waals surface area (Å²) in [7, 11) is -2.24. The van der Waals surface area contributed by atoms with E-state index in [2.05, 4.69) is 9.82 Å². The van der Waals surface area contributed by atoms with Crippen LogP contribution in [0.1, 0.15) is 11.1 Å². The van der Waals surface area contributed by atoms with Crippen LogP contribution in [0.2, 0.25) is 5.02 Å². The molecule has 20 heavy (non-hydrogen) atoms. The minimum absolute atomic E-state index is 0.0693. The summed E-state index contributed by atoms with van der Waals surface area (Å²) in [4.78, 5) is 0. The second-order valence-electron chi connectivity index (χ2n) is 4.05. The molecule has 8 heteroatoms. The summed E-state index contributed by atoms with van der Waals surface area (Å²) in [6.07, 6.45) is 1.28. The quantitative estimate of drug-likeness (QED) is 0.925. The highest BCUT2D eigenvalue weighted by Crippen LogP contribution is 2.19. The van der Waals surface area contributed by atoms with Gasteiger partial charge in [-0.2, -0.15) is 10.4 Å². The van der Waals surface area contributed by atoms with Gasteiger partial charge in [-0.25, -0.2) is 13.1 Å². The first-order valence-electron chi connectivity index (χ1n) is 5.60. The van der Waals surface area contributed by atoms with Gasteiger partial charge in [0.25, 0.3) is 10.0 Å². The molecule has 0 saturated heterocycles. The summed E-state index contributed by atoms with van der Waals surface area (Å²) in [5.74, 6) is 0. The Morgan fingerprint density at radius 3 is 2.55 bits per heavy atom. The van der Waals surface area contributed by atoms with Crippen molar-refractivity contribution >= 4 is 21.6 Å². The fourth-order valence-electron chi connectivity index (χ4n) is 1.65. The lowest BCUT2D eigenvalue weighted by Crippen LogP contribution is -2.25. The van der Waals surface area contributed by atoms with E-state index in [4.69, 9.17) is 16.9 Å². The molecule has 6 nitrogen and oxygen atoms in total. The molecule has 1 aromatic carbocycles. The Morgan fingerprint density at radius 1 is 1.40 bits per heavy atom. The topological polar surface area (TPSA) is 87.8 Å². The molecule has 1 N–H and O–H groups in total. The molecule has 0 amide bonds. The monoisotopic (exact) mass is 310 g/mol. The van der Waals surface area contributed by atoms with Crippen molar-refractivity contribution in [2.24, 2.45) is 7.05 Å². The van der Waals surface area contributed by atoms with Gasteiger partial charge in [-0.1, -0.05) is 23.7 Å². The molecule has 0 aliphatic rings. The maximum Gasteiger partial charge on any atom is 0.259 e. The summed E-state index contributed by atoms with van der Waals surface area (Å²) in [6, 6.07) is 8.62. The van der Waals surface area contributed by atoms with Gasteiger partial charge >= 0.3 is 0 Å². The highest BCUT2D eigenvalue weighted by molar-refractivity contribution is 7.89. The molecule has 104 valence electrons. The fraction of sp³-hybridized carbons (Fsp3) is 0.167. The van der Waals surface area contributed by atoms with Crippen LogP contribution in [0.4, 0.5) is 0 Å². The number of nitriles is 1. The minimum Gasteiger partial charge on any atom is -0.255 e. The van der Waals surface area contributed by atoms with E-state index in [1.54, 1.807) is 24.3 Å². The Balaban J connectivity index is 2.15. The number of halogens is 1. The summed E-state index contributed by atoms with van der Waals surface area (Å²) >= 11 is 5.81. The number of rotatable bonds is 4. The van der Waals surface area contributed by atoms with E-state index in [-0.39, 0.29) is 16.6 Å². The summed E-state index contributed by atoms with van der Waals surface area (Å²) < 4.78 is 27.9. The van der Waals surface area contributed by atoms with Gasteiger partial charge in [-0.05, 0) is 17.7 Å². The maximum absolute atomic E-state index is 12.1. The van der Waals surface area contributed by atoms with Crippen LogP contribution in [-0.4, -0.2) is 18.2 Å². The molecule has 0 aliphatic heterocycles. The average molecular weight is 311 g/mol. The van der Waals surface area contributed by atoms with Crippen molar-refractivity contribution in [1.82, 2.24) is 14.5 Å². The molecule has 0 aliphatic carbocycles. The molecule has 1 heterocycles. The Morgan fingerprint density at radius 2 is 2.05 bits per heavy atom. The Kier molecular flexibility index (Phi) is 4.09. The highest BCUT2D eigenvalue weighted by atomic mass is 35.5. The van der Waals surface area contributed by atoms with Crippen LogP contribution in [0.15, 0.2) is 35.5 Å². The molecular weight excluding hydrogens is 300 g/mol. The normalized spacial score (nSPS) is 11.2. The van der Waals surface area contributed by atoms with Gasteiger partial charge < -0.3 is 0 Å². The van der Waals surface area contributed by atoms with Gasteiger partial charge in [0.05, 0.1) is 22.9 Å². The van der Waals surface area contributed by atoms with Crippen molar-refractivity contribution in [3.05, 3.63) is 46.6 Å². The lowest BCUT2D eigenvalue weighted by Gasteiger charge is -2.07. The van der Waals surface area contributed by atoms with Crippen LogP contribution in [0.25, 0.3) is 0 Å². The molecule has 0 unspecified atom stereocenters. The molecule has 0 atom stereocenters. The van der Waals surface area contributed by atoms with Crippen LogP contribution in [0.5, 0.6) is 0 Å². The van der Waals surface area contributed by atoms with E-state index in [0.29, 0.717) is 5.56 Å². The Bertz CT molecular complexity index is 740. The second-order valence-corrected chi connectivity index (χ2v) is 6.14. The van der Waals surface area contributed by atoms with E-state index in [1.807, 2.05) is 6.07 Å². The number of nitrogens with zero attached hydrogens (tertiary/aromatic N) is 3. The highest BCUT2D eigenvalue weighted by Gasteiger charge is 2.22. The Hall–Kier alpha value is -1.88. The molecule has 2 aromatic rings. The number of aromatic nitrogens is 2. The number of hydrogen-bond acceptors (Lipinski definition) is 4. The van der Waals surface area contributed by atoms with E-state index < -0.39 is 10.0 Å². The molecule has 0 spiro atoms. The first kappa shape index (κ1) is 14.5. The predicted molar refractivity (Wildman–Crippen MR) is 73.4 cm³/mol. The Labute approximate surface area is 121 Å². The van der Waals surface area contributed by atoms with Gasteiger partial charge in [0.2, 0.25) is 0 Å². The van der Waals surface area contributed by atoms with Crippen molar-refractivity contribution in [3.63, 3.8) is 0 Å². The maximum atomic E-state index is 12.1. The van der Waals surface area contributed by atoms with E-state index >= 15 is 0 Å². The van der Waals surface area contributed by atoms with Gasteiger partial charge in [0, 0.05) is 13.6 Å². The smallest absolute Gasteiger partial charge is 0.255 e. The van der Waals surface area contributed by atoms with Gasteiger partial charge in [0.1, 0.15) is 0 Å². The van der Waals surface area contributed by atoms with E-state index in [9.17, 15) is 8.42 Å². The molecule has 0 fully saturated rings. The van der Waals surface area contributed by atoms with Crippen molar-refractivity contribution in [1.29, 1.82) is 5.26 Å². The molecular formula is C12H11ClN4O2S. The average Bonchev–Trinajstić information content (AvgIpc) is 2.77. The number of benzene rings is 1. The molecule has 0 saturated carbocycles. The van der Waals surface area contributed by atoms with E-state index in [1.165, 1.54) is 17.9 Å². The van der Waals surface area contributed by atoms with E-state index in [0.717, 1.165) is 5.56 Å². The molecule has 1 aromatic heterocycles. The zero-order chi connectivity index (χ0) is 14.8. The third-order valence-corrected chi connectivity index (χ3v) is 4.55. The van der Waals surface area contributed by atoms with Crippen LogP contribution < -0.4 is 4.72 Å². The summed E-state index contributed by atoms with van der Waals surface area (Å²) in [6.45, 7) is 0.107. The summed E-state index contributed by atoms with van der Waals surface area (Å²) in [5.41, 5.74) is 1.26. The number of aryl methyl sites for hydroxylation is 1. The first-order valence-corrected chi connectivity index (χ1v) is 7.46. The predicted octanol–water partition coefficient (Wildman–Crippen LogP) is 1.42. The van der Waals surface area contributed by atoms with Crippen LogP contribution >= 0.6 is 11.6 Å². The van der Waals surface area contributed by atoms with Crippen LogP contribution in [0.3, 0.4) is 0 Å². The van der Waals surface area contributed by atoms with Crippen molar-refractivity contribution in [3.8, 4) is 6.07 Å². The number of nitrogens with one attached hydrogen (secondary N) is 1. The molecule has 0 bridgehead atoms. The largest absolute Gasteiger partial charge is 0.259 e. The van der Waals surface area contributed by atoms with Crippen LogP contribution in [0, 0.1) is 11.3 Å². The van der Waals surface area contributed by atoms with Crippen molar-refractivity contribution in [2.45, 2.75) is 11.6 Å². The fourth-order valence-corrected chi connectivity index (χ4v) is 3.31. The number of sulfonamides is 1. The first-order chi connectivity index (χ1) is 9.44. The third-order valence-electron chi connectivity index (χ3n) is 2.65. The SMILES string of the molecule is Cn1ncc(Cl)c1S(=O)(=O)NCc1ccc(C#N)cc1. The zero-order valence-electron chi connectivity index (χ0n) is 10.5. The minimum atomic E-state index is -3.74. The van der Waals surface area contributed by atoms with Crippen molar-refractivity contribution < 1.29 is 8.42 Å². The van der Waals surface area contributed by atoms with Crippen LogP contribution in [-0.2, 0) is 23.6 Å². The lowest BCUT2D eigenvalue weighted by molar-refractivity contribution is 0.563. The summed E-state index contributed by atoms with van der Waals surface area (Å²) in [5, 5.41) is 12.5. The van der Waals surface area contributed by atoms with Gasteiger partial charge in [-0.15, -0.1) is 0 Å². The lowest BCUT2D eigenvalue weighted by atomic mass is 10.1. The standard InChI is InChI=1S/C12H11ClN4O2S/c1-17-12(11(13)8-15-17)20(18,19)16-7-10-4-2-9(6-14)3-5-10/h2-5,8,16H,7H2,1H3. The molecule has 0 radical (unpaired) electrons. The van der Waals surface area contributed by atoms with Gasteiger partial charge in [-0.3, -0.25) is 4.68 Å². The van der Waals surface area contributed by atoms with Gasteiger partial charge in [0.15, 0.2) is 5.03 Å².